The number of amides is 1. The summed E-state index contributed by atoms with van der Waals surface area (Å²) in [6.07, 6.45) is 0.861. The van der Waals surface area contributed by atoms with Crippen molar-refractivity contribution in [3.63, 3.8) is 0 Å². The highest BCUT2D eigenvalue weighted by atomic mass is 79.9. The number of anilines is 1. The predicted molar refractivity (Wildman–Crippen MR) is 76.8 cm³/mol. The van der Waals surface area contributed by atoms with Gasteiger partial charge in [-0.2, -0.15) is 0 Å². The maximum absolute atomic E-state index is 11.8. The summed E-state index contributed by atoms with van der Waals surface area (Å²) in [4.78, 5) is 22.9. The molecule has 5 nitrogen and oxygen atoms in total. The lowest BCUT2D eigenvalue weighted by atomic mass is 10.2. The van der Waals surface area contributed by atoms with Crippen molar-refractivity contribution in [2.24, 2.45) is 0 Å². The second kappa shape index (κ2) is 7.78. The number of nitrogens with two attached hydrogens (primary N) is 1. The molecule has 104 valence electrons. The molecule has 1 amide bonds. The fraction of sp³-hybridized carbons (Fsp3) is 0.385. The highest BCUT2D eigenvalue weighted by Crippen LogP contribution is 2.20. The maximum atomic E-state index is 11.8. The van der Waals surface area contributed by atoms with Gasteiger partial charge in [0.25, 0.3) is 5.91 Å². The monoisotopic (exact) mass is 328 g/mol. The molecule has 0 heterocycles. The number of hydrogen-bond donors (Lipinski definition) is 2. The summed E-state index contributed by atoms with van der Waals surface area (Å²) in [7, 11) is 0. The molecule has 0 aliphatic heterocycles. The Labute approximate surface area is 120 Å². The minimum absolute atomic E-state index is 0.190. The third-order valence-corrected chi connectivity index (χ3v) is 3.10. The summed E-state index contributed by atoms with van der Waals surface area (Å²) < 4.78 is 5.48. The van der Waals surface area contributed by atoms with E-state index in [0.29, 0.717) is 41.7 Å². The van der Waals surface area contributed by atoms with Gasteiger partial charge in [0.1, 0.15) is 0 Å². The van der Waals surface area contributed by atoms with E-state index in [4.69, 9.17) is 10.5 Å². The summed E-state index contributed by atoms with van der Waals surface area (Å²) >= 11 is 3.27. The number of nitrogen functional groups attached to an aromatic ring is 1. The van der Waals surface area contributed by atoms with E-state index in [0.717, 1.165) is 0 Å². The van der Waals surface area contributed by atoms with E-state index >= 15 is 0 Å². The molecule has 0 saturated heterocycles. The average Bonchev–Trinajstić information content (AvgIpc) is 2.38. The minimum Gasteiger partial charge on any atom is -0.466 e. The first-order chi connectivity index (χ1) is 9.04. The van der Waals surface area contributed by atoms with E-state index in [1.54, 1.807) is 25.1 Å². The molecule has 0 aliphatic rings. The van der Waals surface area contributed by atoms with Crippen molar-refractivity contribution in [3.05, 3.63) is 28.2 Å². The second-order valence-corrected chi connectivity index (χ2v) is 4.76. The number of benzene rings is 1. The van der Waals surface area contributed by atoms with Crippen molar-refractivity contribution in [2.75, 3.05) is 18.9 Å². The van der Waals surface area contributed by atoms with Gasteiger partial charge in [0, 0.05) is 28.7 Å². The number of nitrogens with one attached hydrogen (secondary N) is 1. The summed E-state index contributed by atoms with van der Waals surface area (Å²) in [6.45, 7) is 2.57. The largest absolute Gasteiger partial charge is 0.466 e. The van der Waals surface area contributed by atoms with E-state index in [2.05, 4.69) is 21.2 Å². The van der Waals surface area contributed by atoms with Crippen molar-refractivity contribution in [1.82, 2.24) is 5.32 Å². The van der Waals surface area contributed by atoms with E-state index in [1.807, 2.05) is 0 Å². The highest BCUT2D eigenvalue weighted by Gasteiger charge is 2.07. The van der Waals surface area contributed by atoms with E-state index in [9.17, 15) is 9.59 Å². The molecule has 0 spiro atoms. The standard InChI is InChI=1S/C13H17BrN2O3/c1-2-19-12(17)4-3-7-16-13(18)9-5-6-11(15)10(14)8-9/h5-6,8H,2-4,7,15H2,1H3,(H,16,18). The topological polar surface area (TPSA) is 81.4 Å². The lowest BCUT2D eigenvalue weighted by Crippen LogP contribution is -2.25. The van der Waals surface area contributed by atoms with Gasteiger partial charge in [0.05, 0.1) is 6.61 Å². The molecule has 3 N–H and O–H groups in total. The van der Waals surface area contributed by atoms with Crippen molar-refractivity contribution in [3.8, 4) is 0 Å². The number of rotatable bonds is 6. The Morgan fingerprint density at radius 2 is 2.16 bits per heavy atom. The Kier molecular flexibility index (Phi) is 6.35. The molecule has 0 bridgehead atoms. The molecule has 0 unspecified atom stereocenters. The van der Waals surface area contributed by atoms with Gasteiger partial charge in [-0.25, -0.2) is 0 Å². The Hall–Kier alpha value is -1.56. The third kappa shape index (κ3) is 5.30. The predicted octanol–water partition coefficient (Wildman–Crippen LogP) is 2.10. The first-order valence-corrected chi connectivity index (χ1v) is 6.82. The van der Waals surface area contributed by atoms with E-state index in [1.165, 1.54) is 0 Å². The number of ether oxygens (including phenoxy) is 1. The number of hydrogen-bond acceptors (Lipinski definition) is 4. The van der Waals surface area contributed by atoms with Crippen LogP contribution in [0.3, 0.4) is 0 Å². The molecule has 0 radical (unpaired) electrons. The third-order valence-electron chi connectivity index (χ3n) is 2.41. The average molecular weight is 329 g/mol. The Morgan fingerprint density at radius 3 is 2.79 bits per heavy atom. The zero-order valence-corrected chi connectivity index (χ0v) is 12.3. The zero-order chi connectivity index (χ0) is 14.3. The van der Waals surface area contributed by atoms with Crippen LogP contribution >= 0.6 is 15.9 Å². The van der Waals surface area contributed by atoms with Crippen LogP contribution in [0.5, 0.6) is 0 Å². The van der Waals surface area contributed by atoms with Crippen LogP contribution in [0.1, 0.15) is 30.1 Å². The molecule has 0 aliphatic carbocycles. The molecule has 1 aromatic carbocycles. The number of halogens is 1. The number of carbonyl (C=O) groups excluding carboxylic acids is 2. The number of carbonyl (C=O) groups is 2. The summed E-state index contributed by atoms with van der Waals surface area (Å²) in [6, 6.07) is 4.98. The highest BCUT2D eigenvalue weighted by molar-refractivity contribution is 9.10. The van der Waals surface area contributed by atoms with Crippen LogP contribution in [-0.4, -0.2) is 25.0 Å². The van der Waals surface area contributed by atoms with Gasteiger partial charge in [-0.05, 0) is 47.5 Å². The summed E-state index contributed by atoms with van der Waals surface area (Å²) in [5, 5.41) is 2.73. The van der Waals surface area contributed by atoms with Gasteiger partial charge >= 0.3 is 5.97 Å². The molecule has 0 saturated carbocycles. The minimum atomic E-state index is -0.244. The summed E-state index contributed by atoms with van der Waals surface area (Å²) in [5.74, 6) is -0.434. The van der Waals surface area contributed by atoms with Crippen LogP contribution in [0.15, 0.2) is 22.7 Å². The van der Waals surface area contributed by atoms with Gasteiger partial charge in [-0.1, -0.05) is 0 Å². The molecular formula is C13H17BrN2O3. The first kappa shape index (κ1) is 15.5. The van der Waals surface area contributed by atoms with Gasteiger partial charge < -0.3 is 15.8 Å². The molecular weight excluding hydrogens is 312 g/mol. The Balaban J connectivity index is 2.35. The number of esters is 1. The normalized spacial score (nSPS) is 10.0. The zero-order valence-electron chi connectivity index (χ0n) is 10.7. The smallest absolute Gasteiger partial charge is 0.305 e. The van der Waals surface area contributed by atoms with Crippen LogP contribution in [0.4, 0.5) is 5.69 Å². The molecule has 1 rings (SSSR count). The van der Waals surface area contributed by atoms with Crippen LogP contribution in [0.2, 0.25) is 0 Å². The van der Waals surface area contributed by atoms with Crippen molar-refractivity contribution in [1.29, 1.82) is 0 Å². The first-order valence-electron chi connectivity index (χ1n) is 6.03. The van der Waals surface area contributed by atoms with Crippen LogP contribution < -0.4 is 11.1 Å². The van der Waals surface area contributed by atoms with Gasteiger partial charge in [-0.15, -0.1) is 0 Å². The van der Waals surface area contributed by atoms with Gasteiger partial charge in [-0.3, -0.25) is 9.59 Å². The van der Waals surface area contributed by atoms with Gasteiger partial charge in [0.15, 0.2) is 0 Å². The SMILES string of the molecule is CCOC(=O)CCCNC(=O)c1ccc(N)c(Br)c1. The second-order valence-electron chi connectivity index (χ2n) is 3.90. The van der Waals surface area contributed by atoms with Crippen molar-refractivity contribution < 1.29 is 14.3 Å². The van der Waals surface area contributed by atoms with Crippen LogP contribution in [0.25, 0.3) is 0 Å². The molecule has 0 fully saturated rings. The van der Waals surface area contributed by atoms with Crippen molar-refractivity contribution in [2.45, 2.75) is 19.8 Å². The van der Waals surface area contributed by atoms with E-state index in [-0.39, 0.29) is 11.9 Å². The molecule has 0 aromatic heterocycles. The van der Waals surface area contributed by atoms with Crippen molar-refractivity contribution >= 4 is 33.5 Å². The molecule has 6 heteroatoms. The Bertz CT molecular complexity index is 463. The molecule has 0 atom stereocenters. The lowest BCUT2D eigenvalue weighted by molar-refractivity contribution is -0.143. The summed E-state index contributed by atoms with van der Waals surface area (Å²) in [5.41, 5.74) is 6.75. The van der Waals surface area contributed by atoms with Gasteiger partial charge in [0.2, 0.25) is 0 Å². The quantitative estimate of drug-likeness (QED) is 0.476. The fourth-order valence-electron chi connectivity index (χ4n) is 1.44. The maximum Gasteiger partial charge on any atom is 0.305 e. The van der Waals surface area contributed by atoms with Crippen LogP contribution in [0, 0.1) is 0 Å². The Morgan fingerprint density at radius 1 is 1.42 bits per heavy atom. The van der Waals surface area contributed by atoms with E-state index < -0.39 is 0 Å². The fourth-order valence-corrected chi connectivity index (χ4v) is 1.82. The molecule has 1 aromatic rings. The molecule has 19 heavy (non-hydrogen) atoms. The lowest BCUT2D eigenvalue weighted by Gasteiger charge is -2.06. The van der Waals surface area contributed by atoms with Crippen LogP contribution in [-0.2, 0) is 9.53 Å².